The smallest absolute Gasteiger partial charge is 0.336 e. The van der Waals surface area contributed by atoms with Crippen LogP contribution in [-0.4, -0.2) is 20.9 Å². The number of hydrogen-bond donors (Lipinski definition) is 1. The van der Waals surface area contributed by atoms with Gasteiger partial charge in [-0.3, -0.25) is 0 Å². The minimum atomic E-state index is -1.02. The van der Waals surface area contributed by atoms with Crippen LogP contribution in [0.4, 0.5) is 0 Å². The number of aryl methyl sites for hydroxylation is 1. The summed E-state index contributed by atoms with van der Waals surface area (Å²) in [6.07, 6.45) is 5.37. The molecule has 1 aromatic heterocycles. The molecule has 124 valence electrons. The van der Waals surface area contributed by atoms with Gasteiger partial charge in [-0.15, -0.1) is 6.42 Å². The number of carboxylic acids is 1. The first-order valence-corrected chi connectivity index (χ1v) is 7.90. The van der Waals surface area contributed by atoms with E-state index in [9.17, 15) is 4.79 Å². The maximum atomic E-state index is 11.0. The van der Waals surface area contributed by atoms with Crippen LogP contribution in [0.1, 0.15) is 32.9 Å². The number of fused-ring (bicyclic) bond motifs is 1. The van der Waals surface area contributed by atoms with Gasteiger partial charge in [-0.1, -0.05) is 24.1 Å². The summed E-state index contributed by atoms with van der Waals surface area (Å²) in [6, 6.07) is 13.4. The van der Waals surface area contributed by atoms with E-state index in [2.05, 4.69) is 35.3 Å². The van der Waals surface area contributed by atoms with Crippen molar-refractivity contribution in [3.8, 4) is 29.2 Å². The summed E-state index contributed by atoms with van der Waals surface area (Å²) in [5.74, 6) is 1.38. The van der Waals surface area contributed by atoms with Gasteiger partial charge >= 0.3 is 5.97 Å². The highest BCUT2D eigenvalue weighted by Crippen LogP contribution is 2.32. The maximum absolute atomic E-state index is 11.0. The number of carboxylic acid groups (broad SMARTS) is 1. The fraction of sp³-hybridized carbons (Fsp3) is 0.143. The van der Waals surface area contributed by atoms with E-state index in [1.54, 1.807) is 16.8 Å². The van der Waals surface area contributed by atoms with Crippen LogP contribution in [0.15, 0.2) is 42.5 Å². The molecule has 0 aliphatic heterocycles. The number of hydrogen-bond acceptors (Lipinski definition) is 2. The molecule has 0 radical (unpaired) electrons. The second kappa shape index (κ2) is 6.29. The van der Waals surface area contributed by atoms with Gasteiger partial charge in [-0.2, -0.15) is 5.10 Å². The van der Waals surface area contributed by atoms with Crippen LogP contribution in [0.5, 0.6) is 0 Å². The summed E-state index contributed by atoms with van der Waals surface area (Å²) in [7, 11) is 0. The van der Waals surface area contributed by atoms with E-state index in [-0.39, 0.29) is 5.56 Å². The second-order valence-electron chi connectivity index (χ2n) is 5.97. The van der Waals surface area contributed by atoms with Gasteiger partial charge in [0.15, 0.2) is 0 Å². The first kappa shape index (κ1) is 16.5. The van der Waals surface area contributed by atoms with Crippen molar-refractivity contribution in [2.75, 3.05) is 0 Å². The lowest BCUT2D eigenvalue weighted by atomic mass is 10.1. The Morgan fingerprint density at radius 1 is 1.12 bits per heavy atom. The van der Waals surface area contributed by atoms with Gasteiger partial charge in [0.1, 0.15) is 0 Å². The van der Waals surface area contributed by atoms with Crippen molar-refractivity contribution >= 4 is 5.97 Å². The number of terminal acetylenes is 1. The lowest BCUT2D eigenvalue weighted by Gasteiger charge is -2.07. The fourth-order valence-electron chi connectivity index (χ4n) is 2.62. The number of benzene rings is 2. The highest BCUT2D eigenvalue weighted by atomic mass is 16.4. The molecule has 0 saturated carbocycles. The van der Waals surface area contributed by atoms with Gasteiger partial charge in [0.2, 0.25) is 0 Å². The quantitative estimate of drug-likeness (QED) is 0.562. The lowest BCUT2D eigenvalue weighted by Crippen LogP contribution is -2.04. The highest BCUT2D eigenvalue weighted by Gasteiger charge is 2.13. The Morgan fingerprint density at radius 2 is 1.80 bits per heavy atom. The Bertz CT molecular complexity index is 1010. The monoisotopic (exact) mass is 330 g/mol. The predicted molar refractivity (Wildman–Crippen MR) is 98.1 cm³/mol. The molecule has 1 N–H and O–H groups in total. The third-order valence-corrected chi connectivity index (χ3v) is 4.40. The van der Waals surface area contributed by atoms with Gasteiger partial charge in [-0.25, -0.2) is 9.48 Å². The Morgan fingerprint density at radius 3 is 2.20 bits per heavy atom. The maximum Gasteiger partial charge on any atom is 0.336 e. The van der Waals surface area contributed by atoms with Crippen molar-refractivity contribution in [2.45, 2.75) is 20.8 Å². The molecule has 2 aliphatic carbocycles. The molecule has 1 aromatic carbocycles. The molecule has 0 bridgehead atoms. The van der Waals surface area contributed by atoms with Crippen LogP contribution in [-0.2, 0) is 0 Å². The molecule has 0 atom stereocenters. The molecular formula is C21H18N2O2. The highest BCUT2D eigenvalue weighted by molar-refractivity contribution is 5.91. The average molecular weight is 330 g/mol. The Kier molecular flexibility index (Phi) is 4.16. The molecule has 2 aliphatic rings. The van der Waals surface area contributed by atoms with Crippen molar-refractivity contribution in [3.63, 3.8) is 0 Å². The minimum Gasteiger partial charge on any atom is -0.478 e. The van der Waals surface area contributed by atoms with Gasteiger partial charge in [0.25, 0.3) is 0 Å². The average Bonchev–Trinajstić information content (AvgIpc) is 3.13. The van der Waals surface area contributed by atoms with Crippen LogP contribution in [0.25, 0.3) is 16.8 Å². The third-order valence-electron chi connectivity index (χ3n) is 4.40. The molecular weight excluding hydrogens is 312 g/mol. The summed E-state index contributed by atoms with van der Waals surface area (Å²) in [6.45, 7) is 5.91. The van der Waals surface area contributed by atoms with Crippen LogP contribution in [0.2, 0.25) is 0 Å². The number of carbonyl (C=O) groups is 1. The number of rotatable bonds is 2. The fourth-order valence-corrected chi connectivity index (χ4v) is 2.62. The normalized spacial score (nSPS) is 10.5. The lowest BCUT2D eigenvalue weighted by molar-refractivity contribution is 0.0696. The molecule has 0 saturated heterocycles. The van der Waals surface area contributed by atoms with Gasteiger partial charge in [-0.05, 0) is 61.7 Å². The largest absolute Gasteiger partial charge is 0.478 e. The van der Waals surface area contributed by atoms with Crippen LogP contribution < -0.4 is 0 Å². The zero-order valence-electron chi connectivity index (χ0n) is 14.4. The van der Waals surface area contributed by atoms with Crippen molar-refractivity contribution < 1.29 is 9.90 Å². The van der Waals surface area contributed by atoms with Crippen LogP contribution >= 0.6 is 0 Å². The van der Waals surface area contributed by atoms with Crippen molar-refractivity contribution in [3.05, 3.63) is 70.5 Å². The SMILES string of the molecule is C#Cc1cc(-n2nc(C)c(C)c2C)ccc1C(=O)O.c1cc2cc-2c1. The first-order chi connectivity index (χ1) is 11.9. The number of aromatic nitrogens is 2. The summed E-state index contributed by atoms with van der Waals surface area (Å²) in [4.78, 5) is 11.0. The zero-order chi connectivity index (χ0) is 18.1. The molecule has 0 spiro atoms. The predicted octanol–water partition coefficient (Wildman–Crippen LogP) is 4.14. The topological polar surface area (TPSA) is 55.1 Å². The standard InChI is InChI=1S/C15H14N2O2.C6H4/c1-5-12-8-13(6-7-14(12)15(18)19)17-11(4)9(2)10(3)16-17;1-2-5-4-6(5)3-1/h1,6-8H,2-4H3,(H,18,19);1-4H. The van der Waals surface area contributed by atoms with Crippen LogP contribution in [0.3, 0.4) is 0 Å². The zero-order valence-corrected chi connectivity index (χ0v) is 14.4. The second-order valence-corrected chi connectivity index (χ2v) is 5.97. The van der Waals surface area contributed by atoms with Crippen molar-refractivity contribution in [1.29, 1.82) is 0 Å². The molecule has 4 rings (SSSR count). The minimum absolute atomic E-state index is 0.129. The summed E-state index contributed by atoms with van der Waals surface area (Å²) in [5.41, 5.74) is 7.19. The Balaban J connectivity index is 0.000000250. The molecule has 2 aromatic rings. The number of aromatic carboxylic acids is 1. The Labute approximate surface area is 146 Å². The van der Waals surface area contributed by atoms with Gasteiger partial charge in [0.05, 0.1) is 16.9 Å². The van der Waals surface area contributed by atoms with E-state index >= 15 is 0 Å². The molecule has 0 fully saturated rings. The van der Waals surface area contributed by atoms with E-state index in [1.165, 1.54) is 17.2 Å². The molecule has 25 heavy (non-hydrogen) atoms. The molecule has 4 nitrogen and oxygen atoms in total. The van der Waals surface area contributed by atoms with Crippen molar-refractivity contribution in [1.82, 2.24) is 9.78 Å². The molecule has 0 amide bonds. The van der Waals surface area contributed by atoms with E-state index in [0.29, 0.717) is 5.56 Å². The summed E-state index contributed by atoms with van der Waals surface area (Å²) < 4.78 is 1.77. The summed E-state index contributed by atoms with van der Waals surface area (Å²) >= 11 is 0. The molecule has 0 unspecified atom stereocenters. The van der Waals surface area contributed by atoms with Gasteiger partial charge in [0, 0.05) is 11.3 Å². The van der Waals surface area contributed by atoms with E-state index < -0.39 is 5.97 Å². The molecule has 4 heteroatoms. The first-order valence-electron chi connectivity index (χ1n) is 7.90. The van der Waals surface area contributed by atoms with E-state index in [1.807, 2.05) is 20.8 Å². The van der Waals surface area contributed by atoms with Crippen molar-refractivity contribution in [2.24, 2.45) is 0 Å². The van der Waals surface area contributed by atoms with Gasteiger partial charge < -0.3 is 5.11 Å². The van der Waals surface area contributed by atoms with E-state index in [4.69, 9.17) is 11.5 Å². The Hall–Kier alpha value is -3.32. The third kappa shape index (κ3) is 3.17. The summed E-state index contributed by atoms with van der Waals surface area (Å²) in [5, 5.41) is 13.5. The van der Waals surface area contributed by atoms with E-state index in [0.717, 1.165) is 22.6 Å². The van der Waals surface area contributed by atoms with Crippen LogP contribution in [0, 0.1) is 33.1 Å². The molecule has 1 heterocycles. The number of nitrogens with zero attached hydrogens (tertiary/aromatic N) is 2.